The number of amides is 3. The fourth-order valence-corrected chi connectivity index (χ4v) is 3.33. The summed E-state index contributed by atoms with van der Waals surface area (Å²) < 4.78 is 0. The topological polar surface area (TPSA) is 129 Å². The van der Waals surface area contributed by atoms with Crippen LogP contribution in [0.1, 0.15) is 16.8 Å². The van der Waals surface area contributed by atoms with Crippen molar-refractivity contribution in [1.29, 1.82) is 0 Å². The Bertz CT molecular complexity index is 1030. The van der Waals surface area contributed by atoms with Gasteiger partial charge in [0.15, 0.2) is 0 Å². The van der Waals surface area contributed by atoms with Gasteiger partial charge in [-0.3, -0.25) is 14.9 Å². The number of aromatic amines is 1. The summed E-state index contributed by atoms with van der Waals surface area (Å²) >= 11 is 6.98. The van der Waals surface area contributed by atoms with Gasteiger partial charge in [-0.15, -0.1) is 11.3 Å². The second-order valence-corrected chi connectivity index (χ2v) is 6.64. The highest BCUT2D eigenvalue weighted by atomic mass is 35.5. The van der Waals surface area contributed by atoms with Crippen LogP contribution in [0.2, 0.25) is 5.15 Å². The van der Waals surface area contributed by atoms with Crippen LogP contribution < -0.4 is 21.5 Å². The van der Waals surface area contributed by atoms with Gasteiger partial charge in [0.1, 0.15) is 15.8 Å². The van der Waals surface area contributed by atoms with Crippen molar-refractivity contribution < 1.29 is 9.59 Å². The summed E-state index contributed by atoms with van der Waals surface area (Å²) in [5, 5.41) is 10.1. The number of aromatic nitrogens is 3. The molecule has 0 aromatic carbocycles. The first-order valence-corrected chi connectivity index (χ1v) is 9.21. The summed E-state index contributed by atoms with van der Waals surface area (Å²) in [6, 6.07) is 4.48. The fraction of sp³-hybridized carbons (Fsp3) is 0.188. The third-order valence-electron chi connectivity index (χ3n) is 3.50. The standard InChI is InChI=1S/C16H15ClN6O3S/c17-10-3-1-4-11(22-10)23-16(26)19-6-2-5-18-13(24)9-7-27-15-12(9)14(25)20-8-21-15/h1,3-4,7-8H,2,5-6H2,(H,18,24)(H,20,21,25)(H2,19,22,23,26). The van der Waals surface area contributed by atoms with Crippen molar-refractivity contribution in [3.8, 4) is 0 Å². The summed E-state index contributed by atoms with van der Waals surface area (Å²) in [5.74, 6) is -0.0104. The average Bonchev–Trinajstić information content (AvgIpc) is 3.07. The summed E-state index contributed by atoms with van der Waals surface area (Å²) in [5.41, 5.74) is -0.0542. The number of pyridine rings is 1. The number of thiophene rings is 1. The van der Waals surface area contributed by atoms with Gasteiger partial charge in [0.25, 0.3) is 11.5 Å². The number of hydrogen-bond acceptors (Lipinski definition) is 6. The molecule has 0 aliphatic rings. The lowest BCUT2D eigenvalue weighted by molar-refractivity contribution is 0.0955. The number of urea groups is 1. The second-order valence-electron chi connectivity index (χ2n) is 5.40. The number of nitrogens with zero attached hydrogens (tertiary/aromatic N) is 2. The molecule has 0 saturated carbocycles. The molecule has 0 aliphatic carbocycles. The molecule has 0 saturated heterocycles. The van der Waals surface area contributed by atoms with Crippen molar-refractivity contribution >= 4 is 50.9 Å². The van der Waals surface area contributed by atoms with Gasteiger partial charge in [0, 0.05) is 18.5 Å². The highest BCUT2D eigenvalue weighted by Gasteiger charge is 2.15. The number of rotatable bonds is 6. The Morgan fingerprint density at radius 2 is 2.04 bits per heavy atom. The minimum atomic E-state index is -0.419. The lowest BCUT2D eigenvalue weighted by Crippen LogP contribution is -2.32. The zero-order valence-corrected chi connectivity index (χ0v) is 15.5. The van der Waals surface area contributed by atoms with E-state index < -0.39 is 6.03 Å². The van der Waals surface area contributed by atoms with Gasteiger partial charge >= 0.3 is 6.03 Å². The first-order chi connectivity index (χ1) is 13.0. The van der Waals surface area contributed by atoms with E-state index in [1.165, 1.54) is 17.7 Å². The third-order valence-corrected chi connectivity index (χ3v) is 4.60. The first kappa shape index (κ1) is 18.8. The second kappa shape index (κ2) is 8.60. The zero-order valence-electron chi connectivity index (χ0n) is 13.9. The van der Waals surface area contributed by atoms with Gasteiger partial charge in [-0.2, -0.15) is 0 Å². The fourth-order valence-electron chi connectivity index (χ4n) is 2.28. The molecule has 11 heteroatoms. The molecule has 0 fully saturated rings. The number of nitrogens with one attached hydrogen (secondary N) is 4. The molecule has 3 heterocycles. The molecule has 140 valence electrons. The predicted octanol–water partition coefficient (Wildman–Crippen LogP) is 1.97. The van der Waals surface area contributed by atoms with E-state index in [1.54, 1.807) is 23.6 Å². The van der Waals surface area contributed by atoms with E-state index in [1.807, 2.05) is 0 Å². The minimum absolute atomic E-state index is 0.283. The lowest BCUT2D eigenvalue weighted by atomic mass is 10.2. The van der Waals surface area contributed by atoms with Gasteiger partial charge in [0.2, 0.25) is 0 Å². The van der Waals surface area contributed by atoms with E-state index in [0.29, 0.717) is 35.7 Å². The average molecular weight is 407 g/mol. The van der Waals surface area contributed by atoms with Crippen LogP contribution in [0, 0.1) is 0 Å². The quantitative estimate of drug-likeness (QED) is 0.367. The maximum atomic E-state index is 12.2. The maximum absolute atomic E-state index is 12.2. The Morgan fingerprint density at radius 1 is 1.22 bits per heavy atom. The Balaban J connectivity index is 1.43. The summed E-state index contributed by atoms with van der Waals surface area (Å²) in [7, 11) is 0. The molecular weight excluding hydrogens is 392 g/mol. The predicted molar refractivity (Wildman–Crippen MR) is 103 cm³/mol. The van der Waals surface area contributed by atoms with Gasteiger partial charge in [-0.25, -0.2) is 14.8 Å². The molecule has 3 aromatic heterocycles. The molecule has 0 radical (unpaired) electrons. The maximum Gasteiger partial charge on any atom is 0.320 e. The van der Waals surface area contributed by atoms with Crippen LogP contribution in [0.5, 0.6) is 0 Å². The van der Waals surface area contributed by atoms with Gasteiger partial charge in [-0.1, -0.05) is 17.7 Å². The van der Waals surface area contributed by atoms with Crippen molar-refractivity contribution in [2.45, 2.75) is 6.42 Å². The molecule has 0 atom stereocenters. The summed E-state index contributed by atoms with van der Waals surface area (Å²) in [6.07, 6.45) is 1.82. The molecule has 3 aromatic rings. The van der Waals surface area contributed by atoms with E-state index in [2.05, 4.69) is 30.9 Å². The highest BCUT2D eigenvalue weighted by Crippen LogP contribution is 2.19. The van der Waals surface area contributed by atoms with E-state index in [-0.39, 0.29) is 22.0 Å². The molecule has 3 rings (SSSR count). The Kier molecular flexibility index (Phi) is 5.99. The molecule has 3 amide bonds. The van der Waals surface area contributed by atoms with Crippen LogP contribution in [-0.2, 0) is 0 Å². The number of halogens is 1. The lowest BCUT2D eigenvalue weighted by Gasteiger charge is -2.08. The molecule has 0 aliphatic heterocycles. The normalized spacial score (nSPS) is 10.6. The molecule has 0 bridgehead atoms. The Hall–Kier alpha value is -2.98. The third kappa shape index (κ3) is 4.80. The van der Waals surface area contributed by atoms with Crippen molar-refractivity contribution in [1.82, 2.24) is 25.6 Å². The van der Waals surface area contributed by atoms with E-state index in [0.717, 1.165) is 0 Å². The molecule has 0 spiro atoms. The molecule has 9 nitrogen and oxygen atoms in total. The van der Waals surface area contributed by atoms with Crippen LogP contribution in [0.3, 0.4) is 0 Å². The zero-order chi connectivity index (χ0) is 19.2. The first-order valence-electron chi connectivity index (χ1n) is 7.95. The Labute approximate surface area is 162 Å². The van der Waals surface area contributed by atoms with Crippen LogP contribution in [0.4, 0.5) is 10.6 Å². The van der Waals surface area contributed by atoms with Crippen molar-refractivity contribution in [3.05, 3.63) is 51.0 Å². The van der Waals surface area contributed by atoms with Crippen LogP contribution in [-0.4, -0.2) is 40.0 Å². The molecule has 4 N–H and O–H groups in total. The van der Waals surface area contributed by atoms with Crippen molar-refractivity contribution in [2.75, 3.05) is 18.4 Å². The van der Waals surface area contributed by atoms with Crippen molar-refractivity contribution in [3.63, 3.8) is 0 Å². The minimum Gasteiger partial charge on any atom is -0.352 e. The van der Waals surface area contributed by atoms with Gasteiger partial charge < -0.3 is 15.6 Å². The van der Waals surface area contributed by atoms with Gasteiger partial charge in [0.05, 0.1) is 17.3 Å². The van der Waals surface area contributed by atoms with E-state index in [4.69, 9.17) is 11.6 Å². The van der Waals surface area contributed by atoms with Crippen LogP contribution in [0.15, 0.2) is 34.7 Å². The van der Waals surface area contributed by atoms with Crippen LogP contribution >= 0.6 is 22.9 Å². The smallest absolute Gasteiger partial charge is 0.320 e. The van der Waals surface area contributed by atoms with Crippen LogP contribution in [0.25, 0.3) is 10.2 Å². The monoisotopic (exact) mass is 406 g/mol. The molecule has 0 unspecified atom stereocenters. The summed E-state index contributed by atoms with van der Waals surface area (Å²) in [6.45, 7) is 0.684. The van der Waals surface area contributed by atoms with E-state index in [9.17, 15) is 14.4 Å². The number of anilines is 1. The van der Waals surface area contributed by atoms with Crippen molar-refractivity contribution in [2.24, 2.45) is 0 Å². The number of carbonyl (C=O) groups excluding carboxylic acids is 2. The SMILES string of the molecule is O=C(NCCCNC(=O)c1csc2nc[nH]c(=O)c12)Nc1cccc(Cl)n1. The number of H-pyrrole nitrogens is 1. The van der Waals surface area contributed by atoms with E-state index >= 15 is 0 Å². The van der Waals surface area contributed by atoms with Gasteiger partial charge in [-0.05, 0) is 18.6 Å². The highest BCUT2D eigenvalue weighted by molar-refractivity contribution is 7.17. The number of fused-ring (bicyclic) bond motifs is 1. The molecular formula is C16H15ClN6O3S. The summed E-state index contributed by atoms with van der Waals surface area (Å²) in [4.78, 5) is 46.8. The number of carbonyl (C=O) groups is 2. The Morgan fingerprint density at radius 3 is 2.85 bits per heavy atom. The largest absolute Gasteiger partial charge is 0.352 e. The number of hydrogen-bond donors (Lipinski definition) is 4. The molecule has 27 heavy (non-hydrogen) atoms.